The Morgan fingerprint density at radius 2 is 1.57 bits per heavy atom. The molecule has 0 heterocycles. The molecule has 2 aliphatic rings. The van der Waals surface area contributed by atoms with Crippen LogP contribution in [0.1, 0.15) is 46.0 Å². The summed E-state index contributed by atoms with van der Waals surface area (Å²) >= 11 is 0. The highest BCUT2D eigenvalue weighted by Gasteiger charge is 2.48. The van der Waals surface area contributed by atoms with Crippen LogP contribution in [0.2, 0.25) is 0 Å². The first-order valence-corrected chi connectivity index (χ1v) is 5.74. The first-order chi connectivity index (χ1) is 6.45. The summed E-state index contributed by atoms with van der Waals surface area (Å²) in [4.78, 5) is 0. The summed E-state index contributed by atoms with van der Waals surface area (Å²) in [6.07, 6.45) is 5.16. The maximum Gasteiger partial charge on any atom is 0.0550 e. The third kappa shape index (κ3) is 1.82. The van der Waals surface area contributed by atoms with Crippen molar-refractivity contribution in [2.75, 3.05) is 6.61 Å². The van der Waals surface area contributed by atoms with Gasteiger partial charge in [0.25, 0.3) is 0 Å². The fraction of sp³-hybridized carbons (Fsp3) is 1.00. The van der Waals surface area contributed by atoms with Gasteiger partial charge in [-0.05, 0) is 48.9 Å². The van der Waals surface area contributed by atoms with Crippen LogP contribution in [0.5, 0.6) is 0 Å². The number of rotatable bonds is 1. The number of aliphatic hydroxyl groups excluding tert-OH is 2. The molecule has 0 spiro atoms. The van der Waals surface area contributed by atoms with Gasteiger partial charge in [-0.25, -0.2) is 0 Å². The van der Waals surface area contributed by atoms with Crippen LogP contribution in [0, 0.1) is 16.7 Å². The van der Waals surface area contributed by atoms with Crippen LogP contribution < -0.4 is 0 Å². The standard InChI is InChI=1S/C12H22O2/c1-11-3-9(7-13)4-12(2,8-11)6-10(14)5-11/h9-10,13-14H,3-8H2,1-2H3. The van der Waals surface area contributed by atoms with Crippen molar-refractivity contribution < 1.29 is 10.2 Å². The highest BCUT2D eigenvalue weighted by atomic mass is 16.3. The van der Waals surface area contributed by atoms with E-state index in [4.69, 9.17) is 0 Å². The van der Waals surface area contributed by atoms with E-state index in [1.165, 1.54) is 6.42 Å². The lowest BCUT2D eigenvalue weighted by Crippen LogP contribution is -2.46. The van der Waals surface area contributed by atoms with Crippen LogP contribution in [0.3, 0.4) is 0 Å². The Morgan fingerprint density at radius 1 is 1.07 bits per heavy atom. The lowest BCUT2D eigenvalue weighted by molar-refractivity contribution is -0.0793. The molecule has 2 rings (SSSR count). The quantitative estimate of drug-likeness (QED) is 0.676. The van der Waals surface area contributed by atoms with E-state index < -0.39 is 0 Å². The van der Waals surface area contributed by atoms with Crippen molar-refractivity contribution in [3.8, 4) is 0 Å². The van der Waals surface area contributed by atoms with Gasteiger partial charge >= 0.3 is 0 Å². The van der Waals surface area contributed by atoms with Gasteiger partial charge in [-0.1, -0.05) is 13.8 Å². The van der Waals surface area contributed by atoms with Crippen LogP contribution in [-0.2, 0) is 0 Å². The molecule has 0 aromatic carbocycles. The van der Waals surface area contributed by atoms with Crippen molar-refractivity contribution in [3.05, 3.63) is 0 Å². The highest BCUT2D eigenvalue weighted by molar-refractivity contribution is 4.99. The van der Waals surface area contributed by atoms with E-state index in [0.717, 1.165) is 25.7 Å². The van der Waals surface area contributed by atoms with Crippen molar-refractivity contribution in [1.82, 2.24) is 0 Å². The normalized spacial score (nSPS) is 53.1. The summed E-state index contributed by atoms with van der Waals surface area (Å²) in [5.41, 5.74) is 0.552. The minimum Gasteiger partial charge on any atom is -0.396 e. The van der Waals surface area contributed by atoms with Gasteiger partial charge in [0.2, 0.25) is 0 Å². The van der Waals surface area contributed by atoms with Gasteiger partial charge in [-0.3, -0.25) is 0 Å². The predicted octanol–water partition coefficient (Wildman–Crippen LogP) is 1.95. The van der Waals surface area contributed by atoms with Crippen molar-refractivity contribution in [3.63, 3.8) is 0 Å². The number of aliphatic hydroxyl groups is 2. The summed E-state index contributed by atoms with van der Waals surface area (Å²) in [7, 11) is 0. The molecule has 0 aromatic heterocycles. The summed E-state index contributed by atoms with van der Waals surface area (Å²) < 4.78 is 0. The van der Waals surface area contributed by atoms with Crippen LogP contribution in [-0.4, -0.2) is 22.9 Å². The fourth-order valence-electron chi connectivity index (χ4n) is 4.29. The van der Waals surface area contributed by atoms with Crippen molar-refractivity contribution in [1.29, 1.82) is 0 Å². The zero-order valence-electron chi connectivity index (χ0n) is 9.29. The van der Waals surface area contributed by atoms with Crippen LogP contribution in [0.4, 0.5) is 0 Å². The summed E-state index contributed by atoms with van der Waals surface area (Å²) in [6.45, 7) is 4.87. The van der Waals surface area contributed by atoms with Gasteiger partial charge in [-0.2, -0.15) is 0 Å². The zero-order chi connectivity index (χ0) is 10.4. The third-order valence-corrected chi connectivity index (χ3v) is 4.13. The van der Waals surface area contributed by atoms with Gasteiger partial charge in [0.05, 0.1) is 6.10 Å². The number of fused-ring (bicyclic) bond motifs is 2. The molecule has 2 atom stereocenters. The Balaban J connectivity index is 2.18. The second-order valence-corrected chi connectivity index (χ2v) is 6.32. The van der Waals surface area contributed by atoms with E-state index in [1.807, 2.05) is 0 Å². The number of hydrogen-bond acceptors (Lipinski definition) is 2. The lowest BCUT2D eigenvalue weighted by Gasteiger charge is -2.53. The minimum atomic E-state index is -0.113. The van der Waals surface area contributed by atoms with E-state index in [2.05, 4.69) is 13.8 Å². The Kier molecular flexibility index (Phi) is 2.39. The van der Waals surface area contributed by atoms with E-state index in [-0.39, 0.29) is 16.9 Å². The Morgan fingerprint density at radius 3 is 2.00 bits per heavy atom. The second-order valence-electron chi connectivity index (χ2n) is 6.32. The average molecular weight is 198 g/mol. The van der Waals surface area contributed by atoms with Crippen LogP contribution in [0.15, 0.2) is 0 Å². The topological polar surface area (TPSA) is 40.5 Å². The van der Waals surface area contributed by atoms with E-state index in [0.29, 0.717) is 12.5 Å². The first-order valence-electron chi connectivity index (χ1n) is 5.74. The van der Waals surface area contributed by atoms with E-state index in [9.17, 15) is 10.2 Å². The predicted molar refractivity (Wildman–Crippen MR) is 55.9 cm³/mol. The molecule has 14 heavy (non-hydrogen) atoms. The molecule has 2 saturated carbocycles. The third-order valence-electron chi connectivity index (χ3n) is 4.13. The smallest absolute Gasteiger partial charge is 0.0550 e. The molecule has 2 fully saturated rings. The Hall–Kier alpha value is -0.0800. The summed E-state index contributed by atoms with van der Waals surface area (Å²) in [5, 5.41) is 19.1. The molecule has 0 amide bonds. The van der Waals surface area contributed by atoms with Crippen molar-refractivity contribution in [2.24, 2.45) is 16.7 Å². The van der Waals surface area contributed by atoms with Gasteiger partial charge in [0.1, 0.15) is 0 Å². The molecule has 0 radical (unpaired) electrons. The minimum absolute atomic E-state index is 0.113. The largest absolute Gasteiger partial charge is 0.396 e. The SMILES string of the molecule is CC12CC(O)CC(C)(CC(CO)C1)C2. The summed E-state index contributed by atoms with van der Waals surface area (Å²) in [6, 6.07) is 0. The van der Waals surface area contributed by atoms with Gasteiger partial charge in [0, 0.05) is 6.61 Å². The van der Waals surface area contributed by atoms with Gasteiger partial charge in [-0.15, -0.1) is 0 Å². The lowest BCUT2D eigenvalue weighted by atomic mass is 9.53. The fourth-order valence-corrected chi connectivity index (χ4v) is 4.29. The molecule has 2 heteroatoms. The first kappa shape index (κ1) is 10.4. The zero-order valence-corrected chi connectivity index (χ0v) is 9.29. The van der Waals surface area contributed by atoms with Gasteiger partial charge in [0.15, 0.2) is 0 Å². The molecule has 2 nitrogen and oxygen atoms in total. The molecule has 2 N–H and O–H groups in total. The van der Waals surface area contributed by atoms with E-state index >= 15 is 0 Å². The van der Waals surface area contributed by atoms with E-state index in [1.54, 1.807) is 0 Å². The molecule has 2 aliphatic carbocycles. The van der Waals surface area contributed by atoms with Crippen molar-refractivity contribution >= 4 is 0 Å². The molecule has 2 bridgehead atoms. The van der Waals surface area contributed by atoms with Crippen LogP contribution >= 0.6 is 0 Å². The van der Waals surface area contributed by atoms with Crippen molar-refractivity contribution in [2.45, 2.75) is 52.1 Å². The van der Waals surface area contributed by atoms with Crippen LogP contribution in [0.25, 0.3) is 0 Å². The molecule has 0 saturated heterocycles. The molecule has 82 valence electrons. The Bertz CT molecular complexity index is 208. The van der Waals surface area contributed by atoms with Gasteiger partial charge < -0.3 is 10.2 Å². The maximum atomic E-state index is 9.84. The number of hydrogen-bond donors (Lipinski definition) is 2. The monoisotopic (exact) mass is 198 g/mol. The molecular weight excluding hydrogens is 176 g/mol. The molecule has 2 unspecified atom stereocenters. The second kappa shape index (κ2) is 3.21. The molecule has 0 aliphatic heterocycles. The maximum absolute atomic E-state index is 9.84. The summed E-state index contributed by atoms with van der Waals surface area (Å²) in [5.74, 6) is 0.464. The Labute approximate surface area is 86.3 Å². The highest BCUT2D eigenvalue weighted by Crippen LogP contribution is 2.56. The molecule has 0 aromatic rings. The average Bonchev–Trinajstić information content (AvgIpc) is 1.97. The molecular formula is C12H22O2.